The number of carbonyl (C=O) groups is 2. The largest absolute Gasteiger partial charge is 0.444 e. The Morgan fingerprint density at radius 1 is 0.761 bits per heavy atom. The van der Waals surface area contributed by atoms with Crippen molar-refractivity contribution in [1.82, 2.24) is 19.4 Å². The van der Waals surface area contributed by atoms with Gasteiger partial charge in [-0.25, -0.2) is 14.6 Å². The Labute approximate surface area is 430 Å². The van der Waals surface area contributed by atoms with E-state index in [0.717, 1.165) is 93.0 Å². The predicted molar refractivity (Wildman–Crippen MR) is 295 cm³/mol. The van der Waals surface area contributed by atoms with Gasteiger partial charge in [-0.1, -0.05) is 127 Å². The maximum atomic E-state index is 12.8. The van der Waals surface area contributed by atoms with Crippen molar-refractivity contribution in [3.63, 3.8) is 0 Å². The van der Waals surface area contributed by atoms with Crippen LogP contribution in [0.2, 0.25) is 25.7 Å². The highest BCUT2D eigenvalue weighted by Crippen LogP contribution is 2.36. The van der Waals surface area contributed by atoms with E-state index in [1.54, 1.807) is 12.1 Å². The van der Waals surface area contributed by atoms with E-state index < -0.39 is 19.3 Å². The molecule has 0 bridgehead atoms. The molecule has 3 aliphatic heterocycles. The fraction of sp³-hybridized carbons (Fsp3) is 0.569. The number of rotatable bonds is 7. The number of fused-ring (bicyclic) bond motifs is 2. The molecule has 2 atom stereocenters. The summed E-state index contributed by atoms with van der Waals surface area (Å²) in [5.41, 5.74) is 11.0. The van der Waals surface area contributed by atoms with Gasteiger partial charge in [0, 0.05) is 59.0 Å². The van der Waals surface area contributed by atoms with Gasteiger partial charge in [-0.2, -0.15) is 0 Å². The molecule has 2 fully saturated rings. The van der Waals surface area contributed by atoms with Crippen LogP contribution < -0.4 is 11.2 Å². The minimum absolute atomic E-state index is 0.0704. The number of halogens is 3. The second-order valence-electron chi connectivity index (χ2n) is 18.9. The number of aromatic nitrogens is 2. The lowest BCUT2D eigenvalue weighted by molar-refractivity contribution is 0.0203. The minimum Gasteiger partial charge on any atom is -0.444 e. The Bertz CT molecular complexity index is 2220. The standard InChI is InChI=1S/C22H34BrN3O3Si.C17H21BrN2O2.C6H5BBrN.3C2H6/c1-22(2,3)29-21(27)25-11-7-8-19(25)20-24-17-14-16(23)9-10-18(17)26(20)15-28-12-13-30(4,5)6;1-17(2,3)22-16(21)20-8-4-5-15(20)14-9-11-6-7-12(18)10-13(11)19-14;7-5-3-4(8)1-2-6(5)9;3*1-2/h9-10,14,19H,7-8,11-13,15H2,1-6H3;6-7,10,15H,4-5,8-9H2,1-3H3;1-3H,9H2;3*1-2H3/t19-;15-;;;;/m00..../s1. The van der Waals surface area contributed by atoms with Gasteiger partial charge >= 0.3 is 12.2 Å². The molecule has 0 saturated carbocycles. The fourth-order valence-corrected chi connectivity index (χ4v) is 9.02. The highest BCUT2D eigenvalue weighted by Gasteiger charge is 2.38. The van der Waals surface area contributed by atoms with Crippen molar-refractivity contribution in [3.8, 4) is 0 Å². The Kier molecular flexibility index (Phi) is 24.9. The molecule has 2 N–H and O–H groups in total. The molecule has 3 aliphatic rings. The van der Waals surface area contributed by atoms with Crippen LogP contribution in [0.4, 0.5) is 21.0 Å². The third kappa shape index (κ3) is 19.3. The first kappa shape index (κ1) is 59.9. The highest BCUT2D eigenvalue weighted by molar-refractivity contribution is 9.11. The summed E-state index contributed by atoms with van der Waals surface area (Å²) in [4.78, 5) is 38.6. The van der Waals surface area contributed by atoms with Gasteiger partial charge in [-0.15, -0.1) is 0 Å². The highest BCUT2D eigenvalue weighted by atomic mass is 79.9. The van der Waals surface area contributed by atoms with Crippen LogP contribution in [0, 0.1) is 0 Å². The Morgan fingerprint density at radius 2 is 1.27 bits per heavy atom. The number of aliphatic imine (C=N–C) groups is 1. The predicted octanol–water partition coefficient (Wildman–Crippen LogP) is 14.6. The van der Waals surface area contributed by atoms with Gasteiger partial charge in [0.25, 0.3) is 0 Å². The third-order valence-corrected chi connectivity index (χ3v) is 13.3. The minimum atomic E-state index is -1.15. The number of hydrogen-bond donors (Lipinski definition) is 1. The van der Waals surface area contributed by atoms with Crippen molar-refractivity contribution in [2.75, 3.05) is 25.4 Å². The number of nitrogens with two attached hydrogens (primary N) is 1. The van der Waals surface area contributed by atoms with Gasteiger partial charge in [0.2, 0.25) is 0 Å². The first-order chi connectivity index (χ1) is 31.5. The van der Waals surface area contributed by atoms with Crippen LogP contribution in [0.15, 0.2) is 73.0 Å². The summed E-state index contributed by atoms with van der Waals surface area (Å²) in [6.07, 6.45) is 4.11. The number of imidazole rings is 1. The molecule has 67 heavy (non-hydrogen) atoms. The van der Waals surface area contributed by atoms with Crippen molar-refractivity contribution in [2.24, 2.45) is 4.99 Å². The van der Waals surface area contributed by atoms with E-state index in [2.05, 4.69) is 84.1 Å². The van der Waals surface area contributed by atoms with E-state index >= 15 is 0 Å². The SMILES string of the molecule is CC.CC.CC.CC(C)(C)OC(=O)N1CCC[C@H]1C1=Nc2cc(Br)ccc2C1.CC(C)(C)OC(=O)N1CCC[C@H]1c1nc2cc(Br)ccc2n1COCC[Si](C)(C)C.[B]c1cc(Br)ccc1N. The van der Waals surface area contributed by atoms with Crippen molar-refractivity contribution in [1.29, 1.82) is 0 Å². The molecular formula is C51H78BBr3N6O5Si. The van der Waals surface area contributed by atoms with Gasteiger partial charge in [0.1, 0.15) is 31.6 Å². The smallest absolute Gasteiger partial charge is 0.410 e. The van der Waals surface area contributed by atoms with Crippen LogP contribution in [0.5, 0.6) is 0 Å². The molecule has 7 rings (SSSR count). The maximum absolute atomic E-state index is 12.8. The van der Waals surface area contributed by atoms with Crippen LogP contribution in [-0.2, 0) is 27.4 Å². The van der Waals surface area contributed by atoms with E-state index in [0.29, 0.717) is 24.4 Å². The van der Waals surface area contributed by atoms with Gasteiger partial charge in [-0.05, 0) is 121 Å². The lowest BCUT2D eigenvalue weighted by atomic mass is 9.95. The molecule has 4 heterocycles. The number of carbonyl (C=O) groups excluding carboxylic acids is 2. The summed E-state index contributed by atoms with van der Waals surface area (Å²) < 4.78 is 22.4. The van der Waals surface area contributed by atoms with Crippen LogP contribution in [0.25, 0.3) is 11.0 Å². The summed E-state index contributed by atoms with van der Waals surface area (Å²) in [6, 6.07) is 18.7. The molecule has 16 heteroatoms. The lowest BCUT2D eigenvalue weighted by Crippen LogP contribution is -2.43. The number of benzene rings is 3. The molecular weight excluding hydrogens is 1060 g/mol. The Hall–Kier alpha value is -3.18. The average molecular weight is 1130 g/mol. The number of likely N-dealkylation sites (tertiary alicyclic amines) is 2. The molecule has 2 amide bonds. The number of amides is 2. The monoisotopic (exact) mass is 1130 g/mol. The van der Waals surface area contributed by atoms with E-state index in [1.165, 1.54) is 5.56 Å². The average Bonchev–Trinajstić information content (AvgIpc) is 4.08. The second kappa shape index (κ2) is 27.9. The molecule has 3 aromatic carbocycles. The summed E-state index contributed by atoms with van der Waals surface area (Å²) in [5.74, 6) is 0.875. The summed E-state index contributed by atoms with van der Waals surface area (Å²) in [5, 5.41) is 0. The Balaban J connectivity index is 0.000000363. The normalized spacial score (nSPS) is 16.3. The molecule has 0 spiro atoms. The van der Waals surface area contributed by atoms with E-state index in [4.69, 9.17) is 37.8 Å². The zero-order valence-electron chi connectivity index (χ0n) is 43.0. The Morgan fingerprint density at radius 3 is 1.81 bits per heavy atom. The van der Waals surface area contributed by atoms with Crippen molar-refractivity contribution in [3.05, 3.63) is 79.4 Å². The second-order valence-corrected chi connectivity index (χ2v) is 27.2. The van der Waals surface area contributed by atoms with Gasteiger partial charge in [0.15, 0.2) is 0 Å². The van der Waals surface area contributed by atoms with Crippen LogP contribution >= 0.6 is 47.8 Å². The first-order valence-electron chi connectivity index (χ1n) is 23.9. The van der Waals surface area contributed by atoms with Gasteiger partial charge in [0.05, 0.1) is 28.8 Å². The summed E-state index contributed by atoms with van der Waals surface area (Å²) >= 11 is 10.3. The molecule has 0 aliphatic carbocycles. The number of anilines is 1. The zero-order valence-corrected chi connectivity index (χ0v) is 48.7. The van der Waals surface area contributed by atoms with Gasteiger partial charge in [-0.3, -0.25) is 14.8 Å². The first-order valence-corrected chi connectivity index (χ1v) is 30.0. The summed E-state index contributed by atoms with van der Waals surface area (Å²) in [7, 11) is 4.31. The lowest BCUT2D eigenvalue weighted by Gasteiger charge is -2.28. The van der Waals surface area contributed by atoms with Crippen LogP contribution in [0.3, 0.4) is 0 Å². The molecule has 2 radical (unpaired) electrons. The molecule has 2 saturated heterocycles. The van der Waals surface area contributed by atoms with E-state index in [-0.39, 0.29) is 24.3 Å². The topological polar surface area (TPSA) is 125 Å². The zero-order chi connectivity index (χ0) is 50.9. The third-order valence-electron chi connectivity index (χ3n) is 10.1. The quantitative estimate of drug-likeness (QED) is 0.111. The molecule has 4 aromatic rings. The van der Waals surface area contributed by atoms with E-state index in [9.17, 15) is 9.59 Å². The van der Waals surface area contributed by atoms with E-state index in [1.807, 2.05) is 123 Å². The molecule has 1 aromatic heterocycles. The van der Waals surface area contributed by atoms with Crippen LogP contribution in [0.1, 0.15) is 126 Å². The molecule has 370 valence electrons. The molecule has 0 unspecified atom stereocenters. The number of hydrogen-bond acceptors (Lipinski definition) is 8. The van der Waals surface area contributed by atoms with Crippen molar-refractivity contribution < 1.29 is 23.8 Å². The number of nitrogens with zero attached hydrogens (tertiary/aromatic N) is 5. The van der Waals surface area contributed by atoms with Crippen LogP contribution in [-0.4, -0.2) is 90.1 Å². The number of nitrogen functional groups attached to an aromatic ring is 1. The maximum Gasteiger partial charge on any atom is 0.410 e. The van der Waals surface area contributed by atoms with Crippen molar-refractivity contribution >= 4 is 109 Å². The van der Waals surface area contributed by atoms with Crippen molar-refractivity contribution in [2.45, 2.75) is 171 Å². The number of ether oxygens (including phenoxy) is 3. The fourth-order valence-electron chi connectivity index (χ4n) is 7.19. The summed E-state index contributed by atoms with van der Waals surface area (Å²) in [6.45, 7) is 33.1. The molecule has 11 nitrogen and oxygen atoms in total. The van der Waals surface area contributed by atoms with Gasteiger partial charge < -0.3 is 24.5 Å².